The van der Waals surface area contributed by atoms with E-state index in [4.69, 9.17) is 0 Å². The maximum Gasteiger partial charge on any atom is 0.264 e. The van der Waals surface area contributed by atoms with E-state index >= 15 is 0 Å². The first-order chi connectivity index (χ1) is 14.8. The Labute approximate surface area is 193 Å². The molecule has 1 aromatic heterocycles. The predicted molar refractivity (Wildman–Crippen MR) is 129 cm³/mol. The van der Waals surface area contributed by atoms with E-state index < -0.39 is 15.9 Å². The quantitative estimate of drug-likeness (QED) is 0.358. The highest BCUT2D eigenvalue weighted by molar-refractivity contribution is 14.1. The molecule has 31 heavy (non-hydrogen) atoms. The number of fused-ring (bicyclic) bond motifs is 1. The van der Waals surface area contributed by atoms with Crippen molar-refractivity contribution in [2.75, 3.05) is 10.0 Å². The Hall–Kier alpha value is -3.05. The summed E-state index contributed by atoms with van der Waals surface area (Å²) in [7, 11) is -4.03. The third kappa shape index (κ3) is 4.52. The number of para-hydroxylation sites is 2. The fourth-order valence-electron chi connectivity index (χ4n) is 3.08. The van der Waals surface area contributed by atoms with Crippen LogP contribution in [0.15, 0.2) is 78.0 Å². The van der Waals surface area contributed by atoms with Crippen LogP contribution >= 0.6 is 22.6 Å². The zero-order valence-electron chi connectivity index (χ0n) is 16.3. The number of aryl methyl sites for hydroxylation is 1. The predicted octanol–water partition coefficient (Wildman–Crippen LogP) is 4.60. The minimum absolute atomic E-state index is 0.0118. The maximum absolute atomic E-state index is 13.2. The van der Waals surface area contributed by atoms with Crippen molar-refractivity contribution >= 4 is 60.9 Å². The highest BCUT2D eigenvalue weighted by Gasteiger charge is 2.22. The van der Waals surface area contributed by atoms with Gasteiger partial charge in [-0.1, -0.05) is 24.3 Å². The van der Waals surface area contributed by atoms with Crippen LogP contribution in [0.5, 0.6) is 0 Å². The van der Waals surface area contributed by atoms with Gasteiger partial charge in [-0.2, -0.15) is 0 Å². The maximum atomic E-state index is 13.2. The molecule has 0 aliphatic heterocycles. The van der Waals surface area contributed by atoms with E-state index in [1.165, 1.54) is 18.5 Å². The van der Waals surface area contributed by atoms with Crippen LogP contribution in [-0.2, 0) is 10.0 Å². The Kier molecular flexibility index (Phi) is 5.88. The van der Waals surface area contributed by atoms with E-state index in [1.54, 1.807) is 36.4 Å². The lowest BCUT2D eigenvalue weighted by atomic mass is 10.1. The van der Waals surface area contributed by atoms with E-state index in [1.807, 2.05) is 25.1 Å². The molecule has 1 heterocycles. The fraction of sp³-hybridized carbons (Fsp3) is 0.0455. The zero-order valence-corrected chi connectivity index (χ0v) is 19.3. The second-order valence-electron chi connectivity index (χ2n) is 6.74. The number of carbonyl (C=O) groups is 1. The van der Waals surface area contributed by atoms with Crippen LogP contribution in [0.3, 0.4) is 0 Å². The topological polar surface area (TPSA) is 101 Å². The summed E-state index contributed by atoms with van der Waals surface area (Å²) in [6.45, 7) is 1.88. The number of benzene rings is 3. The van der Waals surface area contributed by atoms with Gasteiger partial charge in [0.1, 0.15) is 10.4 Å². The van der Waals surface area contributed by atoms with Crippen molar-refractivity contribution < 1.29 is 13.2 Å². The number of rotatable bonds is 5. The lowest BCUT2D eigenvalue weighted by Gasteiger charge is -2.15. The number of sulfonamides is 1. The summed E-state index contributed by atoms with van der Waals surface area (Å²) in [5, 5.41) is 2.84. The Morgan fingerprint density at radius 1 is 0.935 bits per heavy atom. The molecule has 4 aromatic rings. The molecule has 0 bridgehead atoms. The second-order valence-corrected chi connectivity index (χ2v) is 9.64. The molecule has 156 valence electrons. The van der Waals surface area contributed by atoms with Crippen LogP contribution in [0.2, 0.25) is 0 Å². The fourth-order valence-corrected chi connectivity index (χ4v) is 4.81. The smallest absolute Gasteiger partial charge is 0.264 e. The largest absolute Gasteiger partial charge is 0.322 e. The Morgan fingerprint density at radius 2 is 1.71 bits per heavy atom. The van der Waals surface area contributed by atoms with E-state index in [0.29, 0.717) is 11.2 Å². The van der Waals surface area contributed by atoms with E-state index in [9.17, 15) is 13.2 Å². The lowest BCUT2D eigenvalue weighted by molar-refractivity contribution is 0.102. The third-order valence-corrected chi connectivity index (χ3v) is 6.68. The molecule has 7 nitrogen and oxygen atoms in total. The van der Waals surface area contributed by atoms with Gasteiger partial charge in [-0.25, -0.2) is 8.42 Å². The van der Waals surface area contributed by atoms with Crippen molar-refractivity contribution in [2.45, 2.75) is 11.8 Å². The minimum atomic E-state index is -4.03. The molecule has 0 aliphatic carbocycles. The molecule has 9 heteroatoms. The van der Waals surface area contributed by atoms with Crippen LogP contribution in [-0.4, -0.2) is 24.3 Å². The molecular weight excluding hydrogens is 527 g/mol. The number of hydrogen-bond acceptors (Lipinski definition) is 5. The average Bonchev–Trinajstić information content (AvgIpc) is 2.74. The number of nitrogens with one attached hydrogen (secondary N) is 2. The number of nitrogens with zero attached hydrogens (tertiary/aromatic N) is 2. The van der Waals surface area contributed by atoms with Gasteiger partial charge in [0.05, 0.1) is 16.8 Å². The van der Waals surface area contributed by atoms with Crippen LogP contribution in [0.25, 0.3) is 11.0 Å². The summed E-state index contributed by atoms with van der Waals surface area (Å²) in [6, 6.07) is 17.1. The van der Waals surface area contributed by atoms with Gasteiger partial charge in [-0.05, 0) is 71.5 Å². The number of anilines is 2. The number of aromatic nitrogens is 2. The van der Waals surface area contributed by atoms with Gasteiger partial charge in [0.2, 0.25) is 0 Å². The molecular formula is C22H17IN4O3S. The van der Waals surface area contributed by atoms with Crippen LogP contribution in [0.1, 0.15) is 15.9 Å². The van der Waals surface area contributed by atoms with Gasteiger partial charge in [0.15, 0.2) is 0 Å². The van der Waals surface area contributed by atoms with Crippen molar-refractivity contribution in [1.82, 2.24) is 9.97 Å². The molecule has 0 aliphatic rings. The minimum Gasteiger partial charge on any atom is -0.322 e. The highest BCUT2D eigenvalue weighted by atomic mass is 127. The van der Waals surface area contributed by atoms with Crippen LogP contribution in [0, 0.1) is 10.5 Å². The molecule has 0 fully saturated rings. The monoisotopic (exact) mass is 544 g/mol. The van der Waals surface area contributed by atoms with Gasteiger partial charge in [0, 0.05) is 21.7 Å². The molecule has 1 amide bonds. The summed E-state index contributed by atoms with van der Waals surface area (Å²) in [5.74, 6) is -0.416. The van der Waals surface area contributed by atoms with Gasteiger partial charge in [-0.3, -0.25) is 19.5 Å². The van der Waals surface area contributed by atoms with Gasteiger partial charge in [0.25, 0.3) is 15.9 Å². The van der Waals surface area contributed by atoms with Crippen LogP contribution in [0.4, 0.5) is 11.4 Å². The van der Waals surface area contributed by atoms with Crippen molar-refractivity contribution in [1.29, 1.82) is 0 Å². The number of halogens is 1. The standard InChI is InChI=1S/C22H17IN4O3S/c1-14-5-2-3-6-17(14)26-22(28)16-10-9-15(23)13-19(16)27-31(29,30)20-8-4-7-18-21(20)25-12-11-24-18/h2-13,27H,1H3,(H,26,28). The normalized spacial score (nSPS) is 11.3. The molecule has 0 saturated carbocycles. The summed E-state index contributed by atoms with van der Waals surface area (Å²) >= 11 is 2.07. The first kappa shape index (κ1) is 21.2. The van der Waals surface area contributed by atoms with Crippen molar-refractivity contribution in [3.05, 3.63) is 87.8 Å². The summed E-state index contributed by atoms with van der Waals surface area (Å²) < 4.78 is 29.7. The number of amides is 1. The molecule has 0 unspecified atom stereocenters. The Morgan fingerprint density at radius 3 is 2.52 bits per heavy atom. The van der Waals surface area contributed by atoms with E-state index in [0.717, 1.165) is 9.13 Å². The zero-order chi connectivity index (χ0) is 22.0. The summed E-state index contributed by atoms with van der Waals surface area (Å²) in [5.41, 5.74) is 2.67. The summed E-state index contributed by atoms with van der Waals surface area (Å²) in [6.07, 6.45) is 2.94. The lowest BCUT2D eigenvalue weighted by Crippen LogP contribution is -2.19. The van der Waals surface area contributed by atoms with Crippen molar-refractivity contribution in [2.24, 2.45) is 0 Å². The first-order valence-electron chi connectivity index (χ1n) is 9.24. The molecule has 4 rings (SSSR count). The SMILES string of the molecule is Cc1ccccc1NC(=O)c1ccc(I)cc1NS(=O)(=O)c1cccc2nccnc12. The molecule has 0 spiro atoms. The third-order valence-electron chi connectivity index (χ3n) is 4.61. The van der Waals surface area contributed by atoms with E-state index in [2.05, 4.69) is 42.6 Å². The van der Waals surface area contributed by atoms with Crippen LogP contribution < -0.4 is 10.0 Å². The average molecular weight is 544 g/mol. The molecule has 0 radical (unpaired) electrons. The van der Waals surface area contributed by atoms with E-state index in [-0.39, 0.29) is 21.7 Å². The molecule has 0 saturated heterocycles. The van der Waals surface area contributed by atoms with Gasteiger partial charge >= 0.3 is 0 Å². The Balaban J connectivity index is 1.72. The Bertz CT molecular complexity index is 1400. The molecule has 3 aromatic carbocycles. The molecule has 0 atom stereocenters. The second kappa shape index (κ2) is 8.60. The van der Waals surface area contributed by atoms with Gasteiger partial charge in [-0.15, -0.1) is 0 Å². The van der Waals surface area contributed by atoms with Crippen molar-refractivity contribution in [3.63, 3.8) is 0 Å². The van der Waals surface area contributed by atoms with Crippen molar-refractivity contribution in [3.8, 4) is 0 Å². The van der Waals surface area contributed by atoms with Gasteiger partial charge < -0.3 is 5.32 Å². The number of carbonyl (C=O) groups excluding carboxylic acids is 1. The number of hydrogen-bond donors (Lipinski definition) is 2. The highest BCUT2D eigenvalue weighted by Crippen LogP contribution is 2.26. The molecule has 2 N–H and O–H groups in total. The first-order valence-corrected chi connectivity index (χ1v) is 11.8. The summed E-state index contributed by atoms with van der Waals surface area (Å²) in [4.78, 5) is 21.3.